The summed E-state index contributed by atoms with van der Waals surface area (Å²) in [4.78, 5) is 2.59. The van der Waals surface area contributed by atoms with E-state index in [-0.39, 0.29) is 0 Å². The summed E-state index contributed by atoms with van der Waals surface area (Å²) >= 11 is 4.58. The highest BCUT2D eigenvalue weighted by Crippen LogP contribution is 2.26. The molecule has 0 aromatic rings. The second-order valence-electron chi connectivity index (χ2n) is 4.12. The van der Waals surface area contributed by atoms with Crippen LogP contribution >= 0.6 is 12.6 Å². The summed E-state index contributed by atoms with van der Waals surface area (Å²) in [6, 6.07) is 0.792. The van der Waals surface area contributed by atoms with Crippen molar-refractivity contribution in [2.45, 2.75) is 37.0 Å². The van der Waals surface area contributed by atoms with Crippen LogP contribution in [0.15, 0.2) is 0 Å². The van der Waals surface area contributed by atoms with Crippen LogP contribution in [0.4, 0.5) is 0 Å². The smallest absolute Gasteiger partial charge is 0.0594 e. The highest BCUT2D eigenvalue weighted by molar-refractivity contribution is 7.80. The van der Waals surface area contributed by atoms with Gasteiger partial charge in [0.25, 0.3) is 0 Å². The summed E-state index contributed by atoms with van der Waals surface area (Å²) in [5, 5.41) is 0.640. The van der Waals surface area contributed by atoms with Gasteiger partial charge >= 0.3 is 0 Å². The molecule has 0 amide bonds. The molecule has 13 heavy (non-hydrogen) atoms. The summed E-state index contributed by atoms with van der Waals surface area (Å²) in [5.74, 6) is 0. The maximum absolute atomic E-state index is 5.36. The summed E-state index contributed by atoms with van der Waals surface area (Å²) in [5.41, 5.74) is 0. The molecule has 0 radical (unpaired) electrons. The van der Waals surface area contributed by atoms with Crippen molar-refractivity contribution in [2.75, 3.05) is 26.3 Å². The molecule has 2 unspecified atom stereocenters. The number of morpholine rings is 1. The van der Waals surface area contributed by atoms with Crippen LogP contribution in [0.1, 0.15) is 25.7 Å². The predicted octanol–water partition coefficient (Wildman–Crippen LogP) is 1.56. The van der Waals surface area contributed by atoms with Gasteiger partial charge in [-0.15, -0.1) is 0 Å². The van der Waals surface area contributed by atoms with Crippen LogP contribution in [-0.2, 0) is 4.74 Å². The van der Waals surface area contributed by atoms with E-state index in [2.05, 4.69) is 17.5 Å². The van der Waals surface area contributed by atoms with E-state index in [9.17, 15) is 0 Å². The molecule has 2 nitrogen and oxygen atoms in total. The third-order valence-electron chi connectivity index (χ3n) is 3.18. The van der Waals surface area contributed by atoms with Gasteiger partial charge in [-0.25, -0.2) is 0 Å². The average molecular weight is 201 g/mol. The molecule has 1 aliphatic carbocycles. The van der Waals surface area contributed by atoms with Gasteiger partial charge in [0.05, 0.1) is 13.2 Å². The van der Waals surface area contributed by atoms with E-state index in [1.807, 2.05) is 0 Å². The Kier molecular flexibility index (Phi) is 3.52. The molecule has 0 aromatic heterocycles. The van der Waals surface area contributed by atoms with Crippen LogP contribution in [0.3, 0.4) is 0 Å². The maximum atomic E-state index is 5.36. The zero-order valence-corrected chi connectivity index (χ0v) is 9.01. The first-order chi connectivity index (χ1) is 6.36. The van der Waals surface area contributed by atoms with Crippen molar-refractivity contribution in [1.29, 1.82) is 0 Å². The van der Waals surface area contributed by atoms with Crippen molar-refractivity contribution in [2.24, 2.45) is 0 Å². The number of thiol groups is 1. The Labute approximate surface area is 86.0 Å². The lowest BCUT2D eigenvalue weighted by molar-refractivity contribution is 0.00919. The van der Waals surface area contributed by atoms with Gasteiger partial charge in [-0.1, -0.05) is 6.42 Å². The Balaban J connectivity index is 1.83. The van der Waals surface area contributed by atoms with Crippen LogP contribution in [0.2, 0.25) is 0 Å². The Morgan fingerprint density at radius 2 is 1.92 bits per heavy atom. The van der Waals surface area contributed by atoms with Gasteiger partial charge in [-0.3, -0.25) is 4.90 Å². The van der Waals surface area contributed by atoms with E-state index in [4.69, 9.17) is 4.74 Å². The fourth-order valence-electron chi connectivity index (χ4n) is 2.41. The lowest BCUT2D eigenvalue weighted by Crippen LogP contribution is -2.45. The minimum Gasteiger partial charge on any atom is -0.379 e. The SMILES string of the molecule is SC1CCCC(N2CCOCC2)C1. The molecule has 1 aliphatic heterocycles. The number of nitrogens with zero attached hydrogens (tertiary/aromatic N) is 1. The van der Waals surface area contributed by atoms with E-state index in [1.54, 1.807) is 0 Å². The van der Waals surface area contributed by atoms with Gasteiger partial charge in [-0.05, 0) is 19.3 Å². The normalized spacial score (nSPS) is 37.6. The van der Waals surface area contributed by atoms with Crippen LogP contribution in [-0.4, -0.2) is 42.5 Å². The van der Waals surface area contributed by atoms with Gasteiger partial charge in [0.1, 0.15) is 0 Å². The van der Waals surface area contributed by atoms with Crippen molar-refractivity contribution in [1.82, 2.24) is 4.90 Å². The predicted molar refractivity (Wildman–Crippen MR) is 57.4 cm³/mol. The molecule has 76 valence electrons. The molecule has 2 aliphatic rings. The topological polar surface area (TPSA) is 12.5 Å². The number of rotatable bonds is 1. The fraction of sp³-hybridized carbons (Fsp3) is 1.00. The molecule has 1 saturated heterocycles. The van der Waals surface area contributed by atoms with Gasteiger partial charge in [0.15, 0.2) is 0 Å². The first-order valence-electron chi connectivity index (χ1n) is 5.36. The van der Waals surface area contributed by atoms with Gasteiger partial charge in [-0.2, -0.15) is 12.6 Å². The van der Waals surface area contributed by atoms with E-state index in [0.717, 1.165) is 32.3 Å². The summed E-state index contributed by atoms with van der Waals surface area (Å²) < 4.78 is 5.36. The standard InChI is InChI=1S/C10H19NOS/c13-10-3-1-2-9(8-10)11-4-6-12-7-5-11/h9-10,13H,1-8H2. The largest absolute Gasteiger partial charge is 0.379 e. The van der Waals surface area contributed by atoms with Crippen molar-refractivity contribution < 1.29 is 4.74 Å². The molecule has 2 rings (SSSR count). The van der Waals surface area contributed by atoms with Gasteiger partial charge in [0, 0.05) is 24.4 Å². The second-order valence-corrected chi connectivity index (χ2v) is 4.85. The molecule has 3 heteroatoms. The summed E-state index contributed by atoms with van der Waals surface area (Å²) in [7, 11) is 0. The lowest BCUT2D eigenvalue weighted by Gasteiger charge is -2.38. The number of ether oxygens (including phenoxy) is 1. The zero-order valence-electron chi connectivity index (χ0n) is 8.11. The molecule has 1 saturated carbocycles. The number of hydrogen-bond donors (Lipinski definition) is 1. The first-order valence-corrected chi connectivity index (χ1v) is 5.88. The Morgan fingerprint density at radius 1 is 1.15 bits per heavy atom. The van der Waals surface area contributed by atoms with Gasteiger partial charge < -0.3 is 4.74 Å². The molecule has 2 fully saturated rings. The highest BCUT2D eigenvalue weighted by atomic mass is 32.1. The summed E-state index contributed by atoms with van der Waals surface area (Å²) in [6.07, 6.45) is 5.32. The average Bonchev–Trinajstić information content (AvgIpc) is 2.19. The van der Waals surface area contributed by atoms with Crippen molar-refractivity contribution in [3.05, 3.63) is 0 Å². The Morgan fingerprint density at radius 3 is 2.62 bits per heavy atom. The molecule has 1 heterocycles. The monoisotopic (exact) mass is 201 g/mol. The van der Waals surface area contributed by atoms with Crippen LogP contribution in [0.5, 0.6) is 0 Å². The van der Waals surface area contributed by atoms with Crippen LogP contribution in [0.25, 0.3) is 0 Å². The Hall–Kier alpha value is 0.270. The molecule has 0 N–H and O–H groups in total. The minimum atomic E-state index is 0.640. The molecule has 0 bridgehead atoms. The third-order valence-corrected chi connectivity index (χ3v) is 3.65. The fourth-order valence-corrected chi connectivity index (χ4v) is 2.84. The summed E-state index contributed by atoms with van der Waals surface area (Å²) in [6.45, 7) is 4.11. The van der Waals surface area contributed by atoms with E-state index >= 15 is 0 Å². The zero-order chi connectivity index (χ0) is 9.10. The van der Waals surface area contributed by atoms with Gasteiger partial charge in [0.2, 0.25) is 0 Å². The molecular formula is C10H19NOS. The molecule has 0 aromatic carbocycles. The highest BCUT2D eigenvalue weighted by Gasteiger charge is 2.25. The van der Waals surface area contributed by atoms with Crippen molar-refractivity contribution in [3.63, 3.8) is 0 Å². The van der Waals surface area contributed by atoms with Crippen molar-refractivity contribution >= 4 is 12.6 Å². The van der Waals surface area contributed by atoms with E-state index in [0.29, 0.717) is 5.25 Å². The van der Waals surface area contributed by atoms with Crippen molar-refractivity contribution in [3.8, 4) is 0 Å². The minimum absolute atomic E-state index is 0.640. The maximum Gasteiger partial charge on any atom is 0.0594 e. The number of hydrogen-bond acceptors (Lipinski definition) is 3. The lowest BCUT2D eigenvalue weighted by atomic mass is 9.93. The van der Waals surface area contributed by atoms with Crippen LogP contribution in [0, 0.1) is 0 Å². The molecular weight excluding hydrogens is 182 g/mol. The second kappa shape index (κ2) is 4.67. The molecule has 2 atom stereocenters. The molecule has 0 spiro atoms. The Bertz CT molecular complexity index is 159. The van der Waals surface area contributed by atoms with E-state index < -0.39 is 0 Å². The van der Waals surface area contributed by atoms with Crippen LogP contribution < -0.4 is 0 Å². The first kappa shape index (κ1) is 9.81. The third kappa shape index (κ3) is 2.61. The quantitative estimate of drug-likeness (QED) is 0.646. The van der Waals surface area contributed by atoms with E-state index in [1.165, 1.54) is 25.7 Å².